The van der Waals surface area contributed by atoms with Crippen LogP contribution in [0.1, 0.15) is 0 Å². The number of nitrogens with zero attached hydrogens (tertiary/aromatic N) is 3. The number of furan rings is 1. The molecule has 0 aliphatic rings. The van der Waals surface area contributed by atoms with Gasteiger partial charge in [0.1, 0.15) is 11.2 Å². The molecule has 9 aromatic carbocycles. The molecule has 11 rings (SSSR count). The van der Waals surface area contributed by atoms with Gasteiger partial charge < -0.3 is 4.42 Å². The van der Waals surface area contributed by atoms with E-state index in [2.05, 4.69) is 152 Å². The van der Waals surface area contributed by atoms with E-state index in [1.807, 2.05) is 60.7 Å². The zero-order valence-corrected chi connectivity index (χ0v) is 32.0. The van der Waals surface area contributed by atoms with Crippen LogP contribution < -0.4 is 0 Å². The second kappa shape index (κ2) is 14.5. The van der Waals surface area contributed by atoms with Crippen molar-refractivity contribution in [3.63, 3.8) is 0 Å². The van der Waals surface area contributed by atoms with Crippen LogP contribution in [0, 0.1) is 0 Å². The first kappa shape index (κ1) is 34.3. The number of fused-ring (bicyclic) bond motifs is 4. The molecule has 0 aliphatic carbocycles. The molecular weight excluding hydrogens is 719 g/mol. The molecule has 2 heterocycles. The third kappa shape index (κ3) is 6.53. The first-order chi connectivity index (χ1) is 29.2. The van der Waals surface area contributed by atoms with Crippen molar-refractivity contribution in [2.75, 3.05) is 0 Å². The van der Waals surface area contributed by atoms with Crippen molar-refractivity contribution in [3.8, 4) is 78.7 Å². The average Bonchev–Trinajstić information content (AvgIpc) is 3.68. The lowest BCUT2D eigenvalue weighted by molar-refractivity contribution is 0.670. The molecule has 0 radical (unpaired) electrons. The fraction of sp³-hybridized carbons (Fsp3) is 0. The van der Waals surface area contributed by atoms with Crippen molar-refractivity contribution in [1.29, 1.82) is 0 Å². The highest BCUT2D eigenvalue weighted by Crippen LogP contribution is 2.41. The van der Waals surface area contributed by atoms with Crippen molar-refractivity contribution in [1.82, 2.24) is 15.0 Å². The Balaban J connectivity index is 1.10. The van der Waals surface area contributed by atoms with Crippen molar-refractivity contribution in [3.05, 3.63) is 212 Å². The number of hydrogen-bond acceptors (Lipinski definition) is 4. The van der Waals surface area contributed by atoms with E-state index >= 15 is 0 Å². The third-order valence-corrected chi connectivity index (χ3v) is 11.1. The van der Waals surface area contributed by atoms with Crippen LogP contribution in [0.25, 0.3) is 111 Å². The van der Waals surface area contributed by atoms with E-state index in [1.54, 1.807) is 0 Å². The van der Waals surface area contributed by atoms with Crippen LogP contribution in [0.5, 0.6) is 0 Å². The molecule has 4 heteroatoms. The third-order valence-electron chi connectivity index (χ3n) is 11.1. The normalized spacial score (nSPS) is 11.4. The Bertz CT molecular complexity index is 3170. The highest BCUT2D eigenvalue weighted by atomic mass is 16.3. The Hall–Kier alpha value is -7.95. The summed E-state index contributed by atoms with van der Waals surface area (Å²) in [5, 5.41) is 4.34. The maximum absolute atomic E-state index is 6.80. The van der Waals surface area contributed by atoms with Crippen LogP contribution in [-0.2, 0) is 0 Å². The van der Waals surface area contributed by atoms with Crippen LogP contribution in [0.3, 0.4) is 0 Å². The highest BCUT2D eigenvalue weighted by Gasteiger charge is 2.20. The maximum Gasteiger partial charge on any atom is 0.167 e. The molecule has 0 aliphatic heterocycles. The van der Waals surface area contributed by atoms with Crippen LogP contribution in [0.15, 0.2) is 217 Å². The summed E-state index contributed by atoms with van der Waals surface area (Å²) in [4.78, 5) is 15.3. The van der Waals surface area contributed by atoms with Crippen molar-refractivity contribution < 1.29 is 4.42 Å². The molecule has 0 bridgehead atoms. The summed E-state index contributed by atoms with van der Waals surface area (Å²) in [5.41, 5.74) is 13.4. The molecule has 2 aromatic heterocycles. The van der Waals surface area contributed by atoms with Gasteiger partial charge in [0.15, 0.2) is 17.5 Å². The Morgan fingerprint density at radius 2 is 0.661 bits per heavy atom. The molecule has 0 spiro atoms. The van der Waals surface area contributed by atoms with Crippen molar-refractivity contribution >= 4 is 32.7 Å². The van der Waals surface area contributed by atoms with E-state index in [-0.39, 0.29) is 0 Å². The number of hydrogen-bond donors (Lipinski definition) is 0. The molecule has 59 heavy (non-hydrogen) atoms. The SMILES string of the molecule is c1ccc(-c2cc(-c3ccccc3)cc(-c3ccc(-c4cc(-c5nc(-c6ccccc6)nc(-c6ccccc6)n5)c5oc6cc7ccccc7cc6c5c4)cc3)c2)cc1. The zero-order chi connectivity index (χ0) is 39.1. The lowest BCUT2D eigenvalue weighted by Gasteiger charge is -2.13. The largest absolute Gasteiger partial charge is 0.455 e. The number of aromatic nitrogens is 3. The Labute approximate surface area is 341 Å². The maximum atomic E-state index is 6.80. The minimum Gasteiger partial charge on any atom is -0.455 e. The molecule has 4 nitrogen and oxygen atoms in total. The summed E-state index contributed by atoms with van der Waals surface area (Å²) in [7, 11) is 0. The quantitative estimate of drug-likeness (QED) is 0.163. The lowest BCUT2D eigenvalue weighted by atomic mass is 9.92. The number of rotatable bonds is 7. The van der Waals surface area contributed by atoms with Gasteiger partial charge in [0.25, 0.3) is 0 Å². The fourth-order valence-corrected chi connectivity index (χ4v) is 8.07. The van der Waals surface area contributed by atoms with E-state index in [1.165, 1.54) is 22.3 Å². The van der Waals surface area contributed by atoms with Gasteiger partial charge in [-0.05, 0) is 97.7 Å². The second-order valence-corrected chi connectivity index (χ2v) is 14.8. The van der Waals surface area contributed by atoms with Crippen molar-refractivity contribution in [2.45, 2.75) is 0 Å². The van der Waals surface area contributed by atoms with Gasteiger partial charge in [0, 0.05) is 21.9 Å². The molecule has 276 valence electrons. The predicted molar refractivity (Wildman–Crippen MR) is 243 cm³/mol. The molecule has 0 atom stereocenters. The van der Waals surface area contributed by atoms with Crippen LogP contribution in [0.4, 0.5) is 0 Å². The number of benzene rings is 9. The summed E-state index contributed by atoms with van der Waals surface area (Å²) in [6.07, 6.45) is 0. The zero-order valence-electron chi connectivity index (χ0n) is 32.0. The molecule has 0 N–H and O–H groups in total. The Morgan fingerprint density at radius 1 is 0.271 bits per heavy atom. The minimum absolute atomic E-state index is 0.552. The topological polar surface area (TPSA) is 51.8 Å². The predicted octanol–water partition coefficient (Wildman–Crippen LogP) is 14.6. The molecule has 11 aromatic rings. The van der Waals surface area contributed by atoms with E-state index in [0.29, 0.717) is 17.5 Å². The van der Waals surface area contributed by atoms with Gasteiger partial charge in [-0.3, -0.25) is 0 Å². The van der Waals surface area contributed by atoms with E-state index < -0.39 is 0 Å². The summed E-state index contributed by atoms with van der Waals surface area (Å²) in [5.74, 6) is 1.76. The van der Waals surface area contributed by atoms with Crippen LogP contribution in [-0.4, -0.2) is 15.0 Å². The monoisotopic (exact) mass is 753 g/mol. The summed E-state index contributed by atoms with van der Waals surface area (Å²) < 4.78 is 6.80. The van der Waals surface area contributed by atoms with Gasteiger partial charge in [-0.2, -0.15) is 0 Å². The summed E-state index contributed by atoms with van der Waals surface area (Å²) in [6.45, 7) is 0. The van der Waals surface area contributed by atoms with E-state index in [4.69, 9.17) is 19.4 Å². The standard InChI is InChI=1S/C55H35N3O/c1-5-15-36(16-6-1)44-29-45(37-17-7-2-8-18-37)31-46(30-44)38-25-27-39(28-26-38)47-33-49-48-32-42-23-13-14-24-43(42)35-51(48)59-52(49)50(34-47)55-57-53(40-19-9-3-10-20-40)56-54(58-55)41-21-11-4-12-22-41/h1-35H. The molecule has 0 amide bonds. The van der Waals surface area contributed by atoms with Crippen LogP contribution in [0.2, 0.25) is 0 Å². The molecule has 0 saturated carbocycles. The van der Waals surface area contributed by atoms with Gasteiger partial charge >= 0.3 is 0 Å². The minimum atomic E-state index is 0.552. The van der Waals surface area contributed by atoms with E-state index in [0.717, 1.165) is 71.7 Å². The smallest absolute Gasteiger partial charge is 0.167 e. The first-order valence-electron chi connectivity index (χ1n) is 19.8. The van der Waals surface area contributed by atoms with E-state index in [9.17, 15) is 0 Å². The van der Waals surface area contributed by atoms with Crippen molar-refractivity contribution in [2.24, 2.45) is 0 Å². The lowest BCUT2D eigenvalue weighted by Crippen LogP contribution is -2.00. The molecule has 0 saturated heterocycles. The van der Waals surface area contributed by atoms with Gasteiger partial charge in [-0.1, -0.05) is 170 Å². The van der Waals surface area contributed by atoms with Gasteiger partial charge in [-0.25, -0.2) is 15.0 Å². The average molecular weight is 754 g/mol. The fourth-order valence-electron chi connectivity index (χ4n) is 8.07. The van der Waals surface area contributed by atoms with Gasteiger partial charge in [-0.15, -0.1) is 0 Å². The van der Waals surface area contributed by atoms with Gasteiger partial charge in [0.05, 0.1) is 5.56 Å². The molecule has 0 unspecified atom stereocenters. The van der Waals surface area contributed by atoms with Gasteiger partial charge in [0.2, 0.25) is 0 Å². The first-order valence-corrected chi connectivity index (χ1v) is 19.8. The van der Waals surface area contributed by atoms with Crippen LogP contribution >= 0.6 is 0 Å². The molecule has 0 fully saturated rings. The highest BCUT2D eigenvalue weighted by molar-refractivity contribution is 6.14. The molecular formula is C55H35N3O. The second-order valence-electron chi connectivity index (χ2n) is 14.8. The summed E-state index contributed by atoms with van der Waals surface area (Å²) >= 11 is 0. The Kier molecular flexibility index (Phi) is 8.45. The summed E-state index contributed by atoms with van der Waals surface area (Å²) in [6, 6.07) is 74.3. The Morgan fingerprint density at radius 3 is 1.15 bits per heavy atom.